The first-order valence-corrected chi connectivity index (χ1v) is 9.19. The summed E-state index contributed by atoms with van der Waals surface area (Å²) in [7, 11) is 1.87. The lowest BCUT2D eigenvalue weighted by Gasteiger charge is -2.28. The van der Waals surface area contributed by atoms with Crippen molar-refractivity contribution in [1.82, 2.24) is 20.0 Å². The van der Waals surface area contributed by atoms with Crippen LogP contribution in [0.25, 0.3) is 11.0 Å². The highest BCUT2D eigenvalue weighted by atomic mass is 16.3. The van der Waals surface area contributed by atoms with E-state index in [2.05, 4.69) is 10.4 Å². The fraction of sp³-hybridized carbons (Fsp3) is 0.350. The Morgan fingerprint density at radius 1 is 1.26 bits per heavy atom. The maximum atomic E-state index is 13.0. The number of likely N-dealkylation sites (tertiary alicyclic amines) is 1. The molecule has 1 N–H and O–H groups in total. The van der Waals surface area contributed by atoms with Crippen LogP contribution in [-0.2, 0) is 11.8 Å². The molecule has 2 fully saturated rings. The van der Waals surface area contributed by atoms with Crippen LogP contribution in [0.15, 0.2) is 47.2 Å². The second kappa shape index (κ2) is 5.97. The second-order valence-electron chi connectivity index (χ2n) is 7.29. The number of carbonyl (C=O) groups is 2. The Bertz CT molecular complexity index is 1030. The summed E-state index contributed by atoms with van der Waals surface area (Å²) in [4.78, 5) is 27.6. The first-order valence-electron chi connectivity index (χ1n) is 9.19. The predicted molar refractivity (Wildman–Crippen MR) is 97.9 cm³/mol. The first-order chi connectivity index (χ1) is 13.1. The van der Waals surface area contributed by atoms with Gasteiger partial charge in [0.25, 0.3) is 5.91 Å². The fourth-order valence-corrected chi connectivity index (χ4v) is 4.09. The number of hydrogen-bond acceptors (Lipinski definition) is 4. The number of benzene rings is 1. The molecule has 0 spiro atoms. The molecule has 1 saturated carbocycles. The van der Waals surface area contributed by atoms with Crippen molar-refractivity contribution in [3.63, 3.8) is 0 Å². The summed E-state index contributed by atoms with van der Waals surface area (Å²) >= 11 is 0. The number of nitrogens with one attached hydrogen (secondary N) is 1. The molecule has 2 aliphatic rings. The summed E-state index contributed by atoms with van der Waals surface area (Å²) in [5.41, 5.74) is 2.11. The molecule has 0 bridgehead atoms. The van der Waals surface area contributed by atoms with Crippen molar-refractivity contribution in [2.75, 3.05) is 0 Å². The van der Waals surface area contributed by atoms with Gasteiger partial charge in [-0.1, -0.05) is 18.2 Å². The van der Waals surface area contributed by atoms with Crippen LogP contribution in [0.2, 0.25) is 0 Å². The summed E-state index contributed by atoms with van der Waals surface area (Å²) in [6, 6.07) is 9.14. The lowest BCUT2D eigenvalue weighted by molar-refractivity contribution is -0.129. The van der Waals surface area contributed by atoms with Gasteiger partial charge in [-0.05, 0) is 25.0 Å². The molecule has 2 aromatic heterocycles. The predicted octanol–water partition coefficient (Wildman–Crippen LogP) is 2.40. The minimum Gasteiger partial charge on any atom is -0.463 e. The summed E-state index contributed by atoms with van der Waals surface area (Å²) in [5, 5.41) is 8.11. The molecule has 7 nitrogen and oxygen atoms in total. The minimum atomic E-state index is -0.297. The monoisotopic (exact) mass is 364 g/mol. The molecule has 2 amide bonds. The molecule has 1 aliphatic heterocycles. The molecule has 2 atom stereocenters. The SMILES string of the molecule is Cn1nccc1[C@H]1[C@H](NC(=O)c2coc3ccccc23)CC(=O)N1C1CC1. The smallest absolute Gasteiger partial charge is 0.255 e. The first kappa shape index (κ1) is 16.1. The van der Waals surface area contributed by atoms with Crippen molar-refractivity contribution in [3.8, 4) is 0 Å². The average molecular weight is 364 g/mol. The number of nitrogens with zero attached hydrogens (tertiary/aromatic N) is 3. The van der Waals surface area contributed by atoms with Crippen LogP contribution in [0.3, 0.4) is 0 Å². The number of rotatable bonds is 4. The van der Waals surface area contributed by atoms with Crippen LogP contribution < -0.4 is 5.32 Å². The highest BCUT2D eigenvalue weighted by Crippen LogP contribution is 2.41. The maximum Gasteiger partial charge on any atom is 0.255 e. The molecule has 0 radical (unpaired) electrons. The van der Waals surface area contributed by atoms with E-state index in [9.17, 15) is 9.59 Å². The topological polar surface area (TPSA) is 80.4 Å². The molecule has 1 saturated heterocycles. The Morgan fingerprint density at radius 2 is 2.07 bits per heavy atom. The van der Waals surface area contributed by atoms with Gasteiger partial charge in [-0.15, -0.1) is 0 Å². The Balaban J connectivity index is 1.47. The van der Waals surface area contributed by atoms with Crippen molar-refractivity contribution in [2.45, 2.75) is 37.4 Å². The summed E-state index contributed by atoms with van der Waals surface area (Å²) < 4.78 is 7.27. The summed E-state index contributed by atoms with van der Waals surface area (Å²) in [6.45, 7) is 0. The number of carbonyl (C=O) groups excluding carboxylic acids is 2. The van der Waals surface area contributed by atoms with Gasteiger partial charge in [0.05, 0.1) is 23.3 Å². The number of para-hydroxylation sites is 1. The van der Waals surface area contributed by atoms with Gasteiger partial charge in [0.2, 0.25) is 5.91 Å². The molecular weight excluding hydrogens is 344 g/mol. The third-order valence-corrected chi connectivity index (χ3v) is 5.51. The van der Waals surface area contributed by atoms with E-state index in [1.165, 1.54) is 6.26 Å². The highest BCUT2D eigenvalue weighted by Gasteiger charge is 2.48. The highest BCUT2D eigenvalue weighted by molar-refractivity contribution is 6.06. The molecular formula is C20H20N4O3. The summed E-state index contributed by atoms with van der Waals surface area (Å²) in [6.07, 6.45) is 5.55. The Labute approximate surface area is 155 Å². The minimum absolute atomic E-state index is 0.0889. The van der Waals surface area contributed by atoms with E-state index >= 15 is 0 Å². The van der Waals surface area contributed by atoms with Gasteiger partial charge >= 0.3 is 0 Å². The number of hydrogen-bond donors (Lipinski definition) is 1. The lowest BCUT2D eigenvalue weighted by Crippen LogP contribution is -2.41. The molecule has 5 rings (SSSR count). The molecule has 27 heavy (non-hydrogen) atoms. The van der Waals surface area contributed by atoms with E-state index in [0.717, 1.165) is 23.9 Å². The number of aromatic nitrogens is 2. The van der Waals surface area contributed by atoms with Crippen molar-refractivity contribution < 1.29 is 14.0 Å². The number of fused-ring (bicyclic) bond motifs is 1. The van der Waals surface area contributed by atoms with Crippen LogP contribution in [-0.4, -0.2) is 38.6 Å². The van der Waals surface area contributed by atoms with E-state index in [-0.39, 0.29) is 29.9 Å². The van der Waals surface area contributed by atoms with Crippen LogP contribution in [0.4, 0.5) is 0 Å². The van der Waals surface area contributed by atoms with E-state index < -0.39 is 0 Å². The zero-order chi connectivity index (χ0) is 18.5. The van der Waals surface area contributed by atoms with E-state index in [1.54, 1.807) is 10.9 Å². The van der Waals surface area contributed by atoms with Gasteiger partial charge in [0, 0.05) is 31.1 Å². The van der Waals surface area contributed by atoms with Gasteiger partial charge in [-0.3, -0.25) is 14.3 Å². The van der Waals surface area contributed by atoms with E-state index in [1.807, 2.05) is 42.3 Å². The van der Waals surface area contributed by atoms with Crippen molar-refractivity contribution in [3.05, 3.63) is 54.0 Å². The van der Waals surface area contributed by atoms with Crippen LogP contribution in [0.1, 0.15) is 41.4 Å². The third-order valence-electron chi connectivity index (χ3n) is 5.51. The van der Waals surface area contributed by atoms with Crippen LogP contribution in [0.5, 0.6) is 0 Å². The van der Waals surface area contributed by atoms with Crippen LogP contribution >= 0.6 is 0 Å². The quantitative estimate of drug-likeness (QED) is 0.771. The largest absolute Gasteiger partial charge is 0.463 e. The molecule has 138 valence electrons. The zero-order valence-corrected chi connectivity index (χ0v) is 15.0. The van der Waals surface area contributed by atoms with Crippen molar-refractivity contribution in [1.29, 1.82) is 0 Å². The molecule has 7 heteroatoms. The number of aryl methyl sites for hydroxylation is 1. The van der Waals surface area contributed by atoms with Crippen molar-refractivity contribution >= 4 is 22.8 Å². The Kier molecular flexibility index (Phi) is 3.56. The normalized spacial score (nSPS) is 22.6. The summed E-state index contributed by atoms with van der Waals surface area (Å²) in [5.74, 6) is -0.131. The van der Waals surface area contributed by atoms with Gasteiger partial charge in [0.15, 0.2) is 0 Å². The van der Waals surface area contributed by atoms with Crippen LogP contribution in [0, 0.1) is 0 Å². The maximum absolute atomic E-state index is 13.0. The lowest BCUT2D eigenvalue weighted by atomic mass is 10.0. The van der Waals surface area contributed by atoms with E-state index in [0.29, 0.717) is 17.6 Å². The second-order valence-corrected chi connectivity index (χ2v) is 7.29. The fourth-order valence-electron chi connectivity index (χ4n) is 4.09. The molecule has 1 aliphatic carbocycles. The molecule has 3 heterocycles. The number of furan rings is 1. The molecule has 0 unspecified atom stereocenters. The van der Waals surface area contributed by atoms with E-state index in [4.69, 9.17) is 4.42 Å². The zero-order valence-electron chi connectivity index (χ0n) is 15.0. The average Bonchev–Trinajstić information content (AvgIpc) is 3.11. The van der Waals surface area contributed by atoms with Gasteiger partial charge in [0.1, 0.15) is 11.8 Å². The Hall–Kier alpha value is -3.09. The third kappa shape index (κ3) is 2.61. The van der Waals surface area contributed by atoms with Gasteiger partial charge < -0.3 is 14.6 Å². The van der Waals surface area contributed by atoms with Gasteiger partial charge in [-0.2, -0.15) is 5.10 Å². The van der Waals surface area contributed by atoms with Crippen molar-refractivity contribution in [2.24, 2.45) is 7.05 Å². The van der Waals surface area contributed by atoms with Gasteiger partial charge in [-0.25, -0.2) is 0 Å². The Morgan fingerprint density at radius 3 is 2.81 bits per heavy atom. The standard InChI is InChI=1S/C20H20N4O3/c1-23-16(8-9-21-23)19-15(10-18(25)24(19)12-6-7-12)22-20(26)14-11-27-17-5-3-2-4-13(14)17/h2-5,8-9,11-12,15,19H,6-7,10H2,1H3,(H,22,26)/t15-,19-/m1/s1. The number of amides is 2. The molecule has 3 aromatic rings. The molecule has 1 aromatic carbocycles.